The summed E-state index contributed by atoms with van der Waals surface area (Å²) in [5.74, 6) is 6.55. The van der Waals surface area contributed by atoms with Crippen molar-refractivity contribution in [2.75, 3.05) is 5.75 Å². The quantitative estimate of drug-likeness (QED) is 0.299. The van der Waals surface area contributed by atoms with E-state index in [4.69, 9.17) is 11.6 Å². The summed E-state index contributed by atoms with van der Waals surface area (Å²) >= 11 is 1.53. The van der Waals surface area contributed by atoms with Gasteiger partial charge < -0.3 is 11.6 Å². The number of hydrogen-bond donors (Lipinski definition) is 2. The lowest BCUT2D eigenvalue weighted by Crippen LogP contribution is -2.08. The lowest BCUT2D eigenvalue weighted by Gasteiger charge is -2.02. The van der Waals surface area contributed by atoms with Crippen molar-refractivity contribution < 1.29 is 0 Å². The van der Waals surface area contributed by atoms with Gasteiger partial charge >= 0.3 is 0 Å². The van der Waals surface area contributed by atoms with E-state index in [9.17, 15) is 0 Å². The average Bonchev–Trinajstić information content (AvgIpc) is 2.00. The van der Waals surface area contributed by atoms with Crippen molar-refractivity contribution in [3.05, 3.63) is 0 Å². The first-order chi connectivity index (χ1) is 5.66. The molecule has 0 aliphatic rings. The van der Waals surface area contributed by atoms with Gasteiger partial charge in [-0.1, -0.05) is 25.6 Å². The van der Waals surface area contributed by atoms with Gasteiger partial charge in [0, 0.05) is 5.75 Å². The van der Waals surface area contributed by atoms with Crippen LogP contribution in [-0.2, 0) is 0 Å². The molecule has 0 unspecified atom stereocenters. The van der Waals surface area contributed by atoms with E-state index in [0.29, 0.717) is 11.1 Å². The lowest BCUT2D eigenvalue weighted by molar-refractivity contribution is 0.632. The SMILES string of the molecule is CC(C)CCSC(N)=N/C=N/N. The van der Waals surface area contributed by atoms with E-state index in [2.05, 4.69) is 23.9 Å². The van der Waals surface area contributed by atoms with Gasteiger partial charge in [-0.2, -0.15) is 5.10 Å². The second-order valence-corrected chi connectivity index (χ2v) is 3.88. The minimum absolute atomic E-state index is 0.518. The zero-order valence-corrected chi connectivity index (χ0v) is 8.34. The standard InChI is InChI=1S/C7H16N4S/c1-6(2)3-4-12-7(8)10-5-11-9/h5-6H,3-4,9H2,1-2H3,(H2,8,10,11). The smallest absolute Gasteiger partial charge is 0.160 e. The van der Waals surface area contributed by atoms with E-state index in [1.54, 1.807) is 0 Å². The van der Waals surface area contributed by atoms with E-state index in [1.807, 2.05) is 0 Å². The summed E-state index contributed by atoms with van der Waals surface area (Å²) in [5.41, 5.74) is 5.51. The molecule has 0 aliphatic heterocycles. The molecule has 0 rings (SSSR count). The summed E-state index contributed by atoms with van der Waals surface area (Å²) in [6.07, 6.45) is 2.39. The number of amidine groups is 1. The summed E-state index contributed by atoms with van der Waals surface area (Å²) in [6, 6.07) is 0. The van der Waals surface area contributed by atoms with Crippen LogP contribution in [0.15, 0.2) is 10.1 Å². The first kappa shape index (κ1) is 11.3. The van der Waals surface area contributed by atoms with Crippen LogP contribution in [0.1, 0.15) is 20.3 Å². The van der Waals surface area contributed by atoms with Crippen LogP contribution in [0.2, 0.25) is 0 Å². The largest absolute Gasteiger partial charge is 0.378 e. The molecule has 12 heavy (non-hydrogen) atoms. The highest BCUT2D eigenvalue weighted by molar-refractivity contribution is 8.13. The number of nitrogens with two attached hydrogens (primary N) is 2. The maximum atomic E-state index is 5.51. The van der Waals surface area contributed by atoms with Crippen molar-refractivity contribution in [1.82, 2.24) is 0 Å². The summed E-state index contributed by atoms with van der Waals surface area (Å²) in [5, 5.41) is 3.73. The minimum atomic E-state index is 0.518. The van der Waals surface area contributed by atoms with Gasteiger partial charge in [-0.3, -0.25) is 0 Å². The molecule has 0 radical (unpaired) electrons. The summed E-state index contributed by atoms with van der Waals surface area (Å²) in [6.45, 7) is 4.35. The Morgan fingerprint density at radius 1 is 1.58 bits per heavy atom. The molecule has 0 fully saturated rings. The monoisotopic (exact) mass is 188 g/mol. The van der Waals surface area contributed by atoms with Crippen molar-refractivity contribution in [3.8, 4) is 0 Å². The fourth-order valence-corrected chi connectivity index (χ4v) is 1.45. The number of hydrogen-bond acceptors (Lipinski definition) is 3. The summed E-state index contributed by atoms with van der Waals surface area (Å²) < 4.78 is 0. The lowest BCUT2D eigenvalue weighted by atomic mass is 10.2. The summed E-state index contributed by atoms with van der Waals surface area (Å²) in [4.78, 5) is 3.78. The van der Waals surface area contributed by atoms with Crippen molar-refractivity contribution in [2.45, 2.75) is 20.3 Å². The molecule has 0 amide bonds. The molecular weight excluding hydrogens is 172 g/mol. The minimum Gasteiger partial charge on any atom is -0.378 e. The molecule has 0 aromatic carbocycles. The molecule has 0 spiro atoms. The highest BCUT2D eigenvalue weighted by Crippen LogP contribution is 2.07. The normalized spacial score (nSPS) is 13.1. The summed E-state index contributed by atoms with van der Waals surface area (Å²) in [7, 11) is 0. The van der Waals surface area contributed by atoms with Crippen LogP contribution in [0.5, 0.6) is 0 Å². The molecule has 5 heteroatoms. The van der Waals surface area contributed by atoms with Gasteiger partial charge in [-0.05, 0) is 12.3 Å². The molecule has 0 aromatic heterocycles. The van der Waals surface area contributed by atoms with Gasteiger partial charge in [0.1, 0.15) is 6.34 Å². The average molecular weight is 188 g/mol. The van der Waals surface area contributed by atoms with E-state index >= 15 is 0 Å². The molecule has 4 nitrogen and oxygen atoms in total. The Bertz CT molecular complexity index is 165. The fourth-order valence-electron chi connectivity index (χ4n) is 0.527. The number of nitrogens with zero attached hydrogens (tertiary/aromatic N) is 2. The van der Waals surface area contributed by atoms with Crippen molar-refractivity contribution >= 4 is 23.3 Å². The Kier molecular flexibility index (Phi) is 6.55. The Labute approximate surface area is 77.5 Å². The molecule has 4 N–H and O–H groups in total. The highest BCUT2D eigenvalue weighted by Gasteiger charge is 1.96. The van der Waals surface area contributed by atoms with E-state index in [0.717, 1.165) is 12.2 Å². The van der Waals surface area contributed by atoms with Crippen LogP contribution in [0.4, 0.5) is 0 Å². The zero-order chi connectivity index (χ0) is 9.40. The van der Waals surface area contributed by atoms with Gasteiger partial charge in [0.15, 0.2) is 5.17 Å². The Morgan fingerprint density at radius 2 is 2.25 bits per heavy atom. The molecule has 0 saturated heterocycles. The maximum absolute atomic E-state index is 5.51. The first-order valence-corrected chi connectivity index (χ1v) is 4.83. The van der Waals surface area contributed by atoms with E-state index in [-0.39, 0.29) is 0 Å². The van der Waals surface area contributed by atoms with Gasteiger partial charge in [0.05, 0.1) is 0 Å². The molecule has 70 valence electrons. The molecule has 0 bridgehead atoms. The van der Waals surface area contributed by atoms with Gasteiger partial charge in [0.2, 0.25) is 0 Å². The maximum Gasteiger partial charge on any atom is 0.160 e. The predicted molar refractivity (Wildman–Crippen MR) is 56.2 cm³/mol. The number of thioether (sulfide) groups is 1. The van der Waals surface area contributed by atoms with E-state index < -0.39 is 0 Å². The van der Waals surface area contributed by atoms with Crippen molar-refractivity contribution in [2.24, 2.45) is 27.6 Å². The van der Waals surface area contributed by atoms with Crippen LogP contribution in [0.25, 0.3) is 0 Å². The Morgan fingerprint density at radius 3 is 2.75 bits per heavy atom. The highest BCUT2D eigenvalue weighted by atomic mass is 32.2. The Balaban J connectivity index is 3.49. The zero-order valence-electron chi connectivity index (χ0n) is 7.53. The predicted octanol–water partition coefficient (Wildman–Crippen LogP) is 0.982. The molecule has 0 aliphatic carbocycles. The van der Waals surface area contributed by atoms with Crippen molar-refractivity contribution in [3.63, 3.8) is 0 Å². The third-order valence-corrected chi connectivity index (χ3v) is 2.04. The van der Waals surface area contributed by atoms with Gasteiger partial charge in [-0.25, -0.2) is 4.99 Å². The van der Waals surface area contributed by atoms with Gasteiger partial charge in [0.25, 0.3) is 0 Å². The van der Waals surface area contributed by atoms with Crippen LogP contribution >= 0.6 is 11.8 Å². The Hall–Kier alpha value is -0.710. The third kappa shape index (κ3) is 7.40. The second-order valence-electron chi connectivity index (χ2n) is 2.76. The van der Waals surface area contributed by atoms with Crippen molar-refractivity contribution in [1.29, 1.82) is 0 Å². The van der Waals surface area contributed by atoms with Crippen LogP contribution < -0.4 is 11.6 Å². The van der Waals surface area contributed by atoms with Crippen LogP contribution in [-0.4, -0.2) is 17.3 Å². The van der Waals surface area contributed by atoms with Crippen LogP contribution in [0.3, 0.4) is 0 Å². The third-order valence-electron chi connectivity index (χ3n) is 1.20. The van der Waals surface area contributed by atoms with Crippen LogP contribution in [0, 0.1) is 5.92 Å². The number of rotatable bonds is 4. The fraction of sp³-hybridized carbons (Fsp3) is 0.714. The van der Waals surface area contributed by atoms with E-state index in [1.165, 1.54) is 18.1 Å². The number of aliphatic imine (C=N–C) groups is 1. The second kappa shape index (κ2) is 6.97. The van der Waals surface area contributed by atoms with Gasteiger partial charge in [-0.15, -0.1) is 0 Å². The number of hydrazone groups is 1. The molecule has 0 heterocycles. The molecule has 0 aromatic rings. The topological polar surface area (TPSA) is 76.8 Å². The molecule has 0 atom stereocenters. The molecular formula is C7H16N4S. The molecule has 0 saturated carbocycles. The first-order valence-electron chi connectivity index (χ1n) is 3.84.